The highest BCUT2D eigenvalue weighted by Crippen LogP contribution is 2.33. The predicted molar refractivity (Wildman–Crippen MR) is 235 cm³/mol. The van der Waals surface area contributed by atoms with Crippen LogP contribution in [0.25, 0.3) is 54.6 Å². The molecule has 0 fully saturated rings. The quantitative estimate of drug-likeness (QED) is 0.0328. The Morgan fingerprint density at radius 2 is 0.887 bits per heavy atom. The Morgan fingerprint density at radius 3 is 1.43 bits per heavy atom. The van der Waals surface area contributed by atoms with Crippen molar-refractivity contribution < 1.29 is 9.13 Å². The molecule has 0 bridgehead atoms. The molecule has 0 amide bonds. The van der Waals surface area contributed by atoms with Gasteiger partial charge in [-0.15, -0.1) is 49.6 Å². The first-order valence-electron chi connectivity index (χ1n) is 17.2. The lowest BCUT2D eigenvalue weighted by Crippen LogP contribution is -2.40. The number of anilines is 4. The van der Waals surface area contributed by atoms with Crippen LogP contribution in [-0.4, -0.2) is 26.2 Å². The van der Waals surface area contributed by atoms with E-state index in [4.69, 9.17) is 22.9 Å². The molecule has 0 unspecified atom stereocenters. The van der Waals surface area contributed by atoms with Crippen molar-refractivity contribution in [2.24, 2.45) is 0 Å². The van der Waals surface area contributed by atoms with E-state index in [1.54, 1.807) is 0 Å². The van der Waals surface area contributed by atoms with Crippen LogP contribution in [0.2, 0.25) is 0 Å². The van der Waals surface area contributed by atoms with E-state index in [0.29, 0.717) is 0 Å². The van der Waals surface area contributed by atoms with Crippen molar-refractivity contribution >= 4 is 116 Å². The molecular weight excluding hydrogens is 746 g/mol. The summed E-state index contributed by atoms with van der Waals surface area (Å²) in [6.45, 7) is 7.56. The fraction of sp³-hybridized carbons (Fsp3) is 0.220. The molecule has 2 heterocycles. The van der Waals surface area contributed by atoms with Crippen molar-refractivity contribution in [3.8, 4) is 11.3 Å². The number of nitrogens with one attached hydrogen (secondary N) is 2. The maximum atomic E-state index is 6.33. The van der Waals surface area contributed by atoms with Gasteiger partial charge in [0.15, 0.2) is 18.8 Å². The molecule has 0 aliphatic heterocycles. The van der Waals surface area contributed by atoms with E-state index in [0.717, 1.165) is 96.8 Å². The van der Waals surface area contributed by atoms with E-state index in [-0.39, 0.29) is 49.6 Å². The van der Waals surface area contributed by atoms with Gasteiger partial charge in [0.1, 0.15) is 0 Å². The SMILES string of the molecule is Cc1c2cc(N)ccc2c2ccc(N)cc2[n+]1CCCNCCNCCC[n+]1c(-c2ccccc2)c2cc(N)ccc2c2ccc(N)cc21.Cl.Cl.Cl.Cl. The van der Waals surface area contributed by atoms with E-state index in [2.05, 4.69) is 106 Å². The van der Waals surface area contributed by atoms with Crippen LogP contribution >= 0.6 is 49.6 Å². The Labute approximate surface area is 335 Å². The lowest BCUT2D eigenvalue weighted by atomic mass is 9.98. The smallest absolute Gasteiger partial charge is 0.220 e. The molecule has 280 valence electrons. The Balaban J connectivity index is 0.00000189. The maximum Gasteiger partial charge on any atom is 0.220 e. The van der Waals surface area contributed by atoms with E-state index in [9.17, 15) is 0 Å². The minimum atomic E-state index is 0. The highest BCUT2D eigenvalue weighted by Gasteiger charge is 2.24. The van der Waals surface area contributed by atoms with Gasteiger partial charge in [0, 0.05) is 97.2 Å². The largest absolute Gasteiger partial charge is 0.399 e. The lowest BCUT2D eigenvalue weighted by molar-refractivity contribution is -0.676. The summed E-state index contributed by atoms with van der Waals surface area (Å²) in [6, 6.07) is 35.3. The zero-order chi connectivity index (χ0) is 33.9. The lowest BCUT2D eigenvalue weighted by Gasteiger charge is -2.13. The number of nitrogen functional groups attached to an aromatic ring is 4. The maximum absolute atomic E-state index is 6.33. The summed E-state index contributed by atoms with van der Waals surface area (Å²) in [4.78, 5) is 0. The summed E-state index contributed by atoms with van der Waals surface area (Å²) in [5.41, 5.74) is 33.9. The average molecular weight is 797 g/mol. The fourth-order valence-electron chi connectivity index (χ4n) is 7.26. The molecule has 0 saturated heterocycles. The van der Waals surface area contributed by atoms with Gasteiger partial charge in [-0.05, 0) is 60.7 Å². The zero-order valence-electron chi connectivity index (χ0n) is 29.8. The van der Waals surface area contributed by atoms with Crippen molar-refractivity contribution in [3.63, 3.8) is 0 Å². The predicted octanol–water partition coefficient (Wildman–Crippen LogP) is 7.53. The summed E-state index contributed by atoms with van der Waals surface area (Å²) in [6.07, 6.45) is 1.98. The third-order valence-corrected chi connectivity index (χ3v) is 9.61. The molecule has 53 heavy (non-hydrogen) atoms. The number of benzene rings is 5. The van der Waals surface area contributed by atoms with Gasteiger partial charge >= 0.3 is 0 Å². The van der Waals surface area contributed by atoms with Crippen LogP contribution in [0.5, 0.6) is 0 Å². The van der Waals surface area contributed by atoms with Crippen LogP contribution in [0.15, 0.2) is 103 Å². The molecule has 0 aliphatic rings. The second-order valence-electron chi connectivity index (χ2n) is 13.0. The second kappa shape index (κ2) is 19.2. The van der Waals surface area contributed by atoms with Crippen LogP contribution in [0.1, 0.15) is 18.5 Å². The van der Waals surface area contributed by atoms with Gasteiger partial charge in [0.2, 0.25) is 16.7 Å². The van der Waals surface area contributed by atoms with Gasteiger partial charge in [-0.25, -0.2) is 0 Å². The Hall–Kier alpha value is -4.28. The summed E-state index contributed by atoms with van der Waals surface area (Å²) >= 11 is 0. The summed E-state index contributed by atoms with van der Waals surface area (Å²) in [5, 5.41) is 14.4. The van der Waals surface area contributed by atoms with Gasteiger partial charge in [0.25, 0.3) is 0 Å². The molecule has 2 aromatic heterocycles. The van der Waals surface area contributed by atoms with Crippen LogP contribution in [-0.2, 0) is 13.1 Å². The summed E-state index contributed by atoms with van der Waals surface area (Å²) in [7, 11) is 0. The molecule has 7 aromatic rings. The number of aryl methyl sites for hydroxylation is 3. The topological polar surface area (TPSA) is 136 Å². The van der Waals surface area contributed by atoms with Crippen molar-refractivity contribution in [1.82, 2.24) is 10.6 Å². The van der Waals surface area contributed by atoms with Gasteiger partial charge in [-0.3, -0.25) is 0 Å². The second-order valence-corrected chi connectivity index (χ2v) is 13.0. The molecule has 0 saturated carbocycles. The van der Waals surface area contributed by atoms with Crippen molar-refractivity contribution in [2.75, 3.05) is 49.1 Å². The molecule has 0 spiro atoms. The van der Waals surface area contributed by atoms with Gasteiger partial charge < -0.3 is 33.6 Å². The summed E-state index contributed by atoms with van der Waals surface area (Å²) < 4.78 is 4.80. The Morgan fingerprint density at radius 1 is 0.453 bits per heavy atom. The number of fused-ring (bicyclic) bond motifs is 6. The van der Waals surface area contributed by atoms with Crippen LogP contribution in [0.4, 0.5) is 22.7 Å². The fourth-order valence-corrected chi connectivity index (χ4v) is 7.26. The van der Waals surface area contributed by atoms with Crippen molar-refractivity contribution in [2.45, 2.75) is 32.9 Å². The van der Waals surface area contributed by atoms with E-state index >= 15 is 0 Å². The number of nitrogens with zero attached hydrogens (tertiary/aromatic N) is 2. The van der Waals surface area contributed by atoms with E-state index in [1.165, 1.54) is 38.3 Å². The third-order valence-electron chi connectivity index (χ3n) is 9.61. The third kappa shape index (κ3) is 9.10. The van der Waals surface area contributed by atoms with Crippen LogP contribution < -0.4 is 42.7 Å². The van der Waals surface area contributed by atoms with Crippen LogP contribution in [0.3, 0.4) is 0 Å². The zero-order valence-corrected chi connectivity index (χ0v) is 33.1. The highest BCUT2D eigenvalue weighted by molar-refractivity contribution is 6.10. The minimum Gasteiger partial charge on any atom is -0.399 e. The molecule has 8 nitrogen and oxygen atoms in total. The van der Waals surface area contributed by atoms with Crippen molar-refractivity contribution in [3.05, 3.63) is 109 Å². The number of nitrogens with two attached hydrogens (primary N) is 4. The summed E-state index contributed by atoms with van der Waals surface area (Å²) in [5.74, 6) is 0. The average Bonchev–Trinajstić information content (AvgIpc) is 3.10. The number of rotatable bonds is 12. The molecule has 0 atom stereocenters. The molecule has 0 radical (unpaired) electrons. The number of aromatic nitrogens is 2. The molecular formula is C41H50Cl4N8+2. The molecule has 0 aliphatic carbocycles. The number of halogens is 4. The molecule has 12 heteroatoms. The molecule has 10 N–H and O–H groups in total. The Kier molecular flexibility index (Phi) is 15.6. The standard InChI is InChI=1S/C41H44N8.4ClH/c1-27-37-23-29(42)9-13-33(37)35-15-11-31(44)25-39(35)48(27)21-5-17-46-19-20-47-18-6-22-49-40-26-32(45)12-16-36(40)34-14-10-30(43)24-38(34)41(49)28-7-3-2-4-8-28;;;;/h2-4,7-16,23-26,44-47H,5-6,17-22,42-43H2,1H3;4*1H/p+2. The molecule has 7 rings (SSSR count). The monoisotopic (exact) mass is 794 g/mol. The first kappa shape index (κ1) is 43.1. The van der Waals surface area contributed by atoms with Crippen molar-refractivity contribution in [1.29, 1.82) is 0 Å². The van der Waals surface area contributed by atoms with E-state index in [1.807, 2.05) is 24.3 Å². The highest BCUT2D eigenvalue weighted by atomic mass is 35.5. The number of hydrogen-bond acceptors (Lipinski definition) is 6. The van der Waals surface area contributed by atoms with Gasteiger partial charge in [-0.1, -0.05) is 30.3 Å². The molecule has 5 aromatic carbocycles. The number of hydrogen-bond donors (Lipinski definition) is 6. The van der Waals surface area contributed by atoms with E-state index < -0.39 is 0 Å². The normalized spacial score (nSPS) is 10.8. The minimum absolute atomic E-state index is 0. The number of pyridine rings is 2. The first-order valence-corrected chi connectivity index (χ1v) is 17.2. The van der Waals surface area contributed by atoms with Gasteiger partial charge in [-0.2, -0.15) is 9.13 Å². The van der Waals surface area contributed by atoms with Crippen LogP contribution in [0, 0.1) is 6.92 Å². The first-order chi connectivity index (χ1) is 23.9. The Bertz CT molecular complexity index is 2320. The van der Waals surface area contributed by atoms with Gasteiger partial charge in [0.05, 0.1) is 21.5 Å².